The zero-order chi connectivity index (χ0) is 22.5. The lowest BCUT2D eigenvalue weighted by Gasteiger charge is -2.36. The predicted molar refractivity (Wildman–Crippen MR) is 121 cm³/mol. The summed E-state index contributed by atoms with van der Waals surface area (Å²) in [5.41, 5.74) is 0.346. The van der Waals surface area contributed by atoms with Crippen LogP contribution in [-0.4, -0.2) is 22.4 Å². The van der Waals surface area contributed by atoms with Crippen LogP contribution >= 0.6 is 0 Å². The minimum Gasteiger partial charge on any atom is -0.392 e. The number of nitrogens with one attached hydrogen (secondary N) is 1. The Morgan fingerprint density at radius 3 is 2.06 bits per heavy atom. The molecular formula is C26H27NO4. The molecule has 1 amide bonds. The molecule has 0 aliphatic heterocycles. The molecule has 0 radical (unpaired) electrons. The van der Waals surface area contributed by atoms with Crippen LogP contribution in [0.25, 0.3) is 0 Å². The van der Waals surface area contributed by atoms with E-state index in [2.05, 4.69) is 5.32 Å². The van der Waals surface area contributed by atoms with Crippen LogP contribution in [-0.2, 0) is 22.4 Å². The van der Waals surface area contributed by atoms with E-state index in [0.29, 0.717) is 28.7 Å². The Labute approximate surface area is 182 Å². The van der Waals surface area contributed by atoms with Crippen LogP contribution < -0.4 is 5.32 Å². The van der Waals surface area contributed by atoms with Gasteiger partial charge in [0.05, 0.1) is 6.61 Å². The number of benzene rings is 3. The molecule has 31 heavy (non-hydrogen) atoms. The fraction of sp³-hybridized carbons (Fsp3) is 0.231. The van der Waals surface area contributed by atoms with E-state index in [9.17, 15) is 19.8 Å². The van der Waals surface area contributed by atoms with Crippen LogP contribution in [0.1, 0.15) is 47.3 Å². The Balaban J connectivity index is 1.97. The highest BCUT2D eigenvalue weighted by atomic mass is 16.3. The first-order chi connectivity index (χ1) is 14.8. The lowest BCUT2D eigenvalue weighted by Crippen LogP contribution is -2.44. The van der Waals surface area contributed by atoms with E-state index in [1.54, 1.807) is 30.3 Å². The quantitative estimate of drug-likeness (QED) is 0.480. The van der Waals surface area contributed by atoms with Crippen LogP contribution in [0.3, 0.4) is 0 Å². The smallest absolute Gasteiger partial charge is 0.261 e. The zero-order valence-electron chi connectivity index (χ0n) is 17.7. The number of hydrogen-bond donors (Lipinski definition) is 3. The number of aldehydes is 1. The van der Waals surface area contributed by atoms with E-state index >= 15 is 0 Å². The Kier molecular flexibility index (Phi) is 6.68. The largest absolute Gasteiger partial charge is 0.392 e. The fourth-order valence-corrected chi connectivity index (χ4v) is 3.83. The molecule has 0 aromatic heterocycles. The molecule has 3 N–H and O–H groups in total. The van der Waals surface area contributed by atoms with E-state index in [-0.39, 0.29) is 13.0 Å². The van der Waals surface area contributed by atoms with Gasteiger partial charge in [-0.15, -0.1) is 0 Å². The number of aliphatic hydroxyl groups is 2. The molecule has 0 fully saturated rings. The highest BCUT2D eigenvalue weighted by Gasteiger charge is 2.43. The van der Waals surface area contributed by atoms with Gasteiger partial charge < -0.3 is 15.5 Å². The van der Waals surface area contributed by atoms with E-state index in [0.717, 1.165) is 5.56 Å². The summed E-state index contributed by atoms with van der Waals surface area (Å²) in [5.74, 6) is -0.578. The van der Waals surface area contributed by atoms with Crippen LogP contribution in [0.15, 0.2) is 78.9 Å². The Hall–Kier alpha value is -3.28. The number of aliphatic hydroxyl groups excluding tert-OH is 1. The van der Waals surface area contributed by atoms with E-state index in [4.69, 9.17) is 0 Å². The van der Waals surface area contributed by atoms with Crippen molar-refractivity contribution in [2.45, 2.75) is 37.9 Å². The van der Waals surface area contributed by atoms with E-state index < -0.39 is 16.9 Å². The van der Waals surface area contributed by atoms with Crippen LogP contribution in [0, 0.1) is 0 Å². The topological polar surface area (TPSA) is 86.6 Å². The van der Waals surface area contributed by atoms with Gasteiger partial charge in [-0.3, -0.25) is 9.59 Å². The van der Waals surface area contributed by atoms with Gasteiger partial charge in [0.2, 0.25) is 0 Å². The molecule has 3 aromatic rings. The number of rotatable bonds is 8. The number of anilines is 1. The number of carbonyl (C=O) groups is 2. The summed E-state index contributed by atoms with van der Waals surface area (Å²) in [4.78, 5) is 24.5. The van der Waals surface area contributed by atoms with Gasteiger partial charge in [0, 0.05) is 11.3 Å². The number of carbonyl (C=O) groups excluding carboxylic acids is 2. The van der Waals surface area contributed by atoms with Crippen molar-refractivity contribution in [3.8, 4) is 0 Å². The highest BCUT2D eigenvalue weighted by molar-refractivity contribution is 5.98. The first-order valence-corrected chi connectivity index (χ1v) is 10.1. The van der Waals surface area contributed by atoms with E-state index in [1.807, 2.05) is 50.2 Å². The SMILES string of the molecule is CC(C)(CC(O)(C(=O)Nc1ccc(C=O)c(CO)c1)c1ccccc1)c1ccccc1. The molecule has 0 saturated heterocycles. The molecule has 0 bridgehead atoms. The summed E-state index contributed by atoms with van der Waals surface area (Å²) in [6, 6.07) is 23.3. The van der Waals surface area contributed by atoms with Crippen LogP contribution in [0.5, 0.6) is 0 Å². The average Bonchev–Trinajstić information content (AvgIpc) is 2.79. The molecule has 160 valence electrons. The standard InChI is InChI=1S/C26H27NO4/c1-25(2,21-9-5-3-6-10-21)18-26(31,22-11-7-4-8-12-22)24(30)27-23-14-13-19(16-28)20(15-23)17-29/h3-16,29,31H,17-18H2,1-2H3,(H,27,30). The van der Waals surface area contributed by atoms with Gasteiger partial charge in [0.15, 0.2) is 5.60 Å². The lowest BCUT2D eigenvalue weighted by molar-refractivity contribution is -0.137. The summed E-state index contributed by atoms with van der Waals surface area (Å²) in [5, 5.41) is 24.0. The van der Waals surface area contributed by atoms with Crippen molar-refractivity contribution in [3.05, 3.63) is 101 Å². The van der Waals surface area contributed by atoms with Crippen molar-refractivity contribution in [2.24, 2.45) is 0 Å². The second-order valence-corrected chi connectivity index (χ2v) is 8.30. The van der Waals surface area contributed by atoms with Crippen molar-refractivity contribution < 1.29 is 19.8 Å². The molecule has 0 aliphatic carbocycles. The Morgan fingerprint density at radius 1 is 0.935 bits per heavy atom. The van der Waals surface area contributed by atoms with Crippen LogP contribution in [0.4, 0.5) is 5.69 Å². The van der Waals surface area contributed by atoms with Crippen LogP contribution in [0.2, 0.25) is 0 Å². The van der Waals surface area contributed by atoms with Crippen molar-refractivity contribution in [3.63, 3.8) is 0 Å². The molecule has 5 nitrogen and oxygen atoms in total. The monoisotopic (exact) mass is 417 g/mol. The molecule has 0 saturated carbocycles. The second kappa shape index (κ2) is 9.25. The van der Waals surface area contributed by atoms with E-state index in [1.165, 1.54) is 12.1 Å². The predicted octanol–water partition coefficient (Wildman–Crippen LogP) is 4.19. The average molecular weight is 418 g/mol. The summed E-state index contributed by atoms with van der Waals surface area (Å²) >= 11 is 0. The number of amides is 1. The molecule has 1 atom stereocenters. The normalized spacial score (nSPS) is 13.3. The van der Waals surface area contributed by atoms with Gasteiger partial charge in [0.1, 0.15) is 6.29 Å². The molecule has 3 aromatic carbocycles. The van der Waals surface area contributed by atoms with Crippen molar-refractivity contribution >= 4 is 17.9 Å². The van der Waals surface area contributed by atoms with Gasteiger partial charge >= 0.3 is 0 Å². The third-order valence-corrected chi connectivity index (χ3v) is 5.58. The highest BCUT2D eigenvalue weighted by Crippen LogP contribution is 2.38. The first-order valence-electron chi connectivity index (χ1n) is 10.1. The molecule has 5 heteroatoms. The van der Waals surface area contributed by atoms with Gasteiger partial charge in [0.25, 0.3) is 5.91 Å². The maximum atomic E-state index is 13.4. The molecular weight excluding hydrogens is 390 g/mol. The molecule has 0 aliphatic rings. The third-order valence-electron chi connectivity index (χ3n) is 5.58. The van der Waals surface area contributed by atoms with Crippen molar-refractivity contribution in [1.29, 1.82) is 0 Å². The zero-order valence-corrected chi connectivity index (χ0v) is 17.7. The van der Waals surface area contributed by atoms with Gasteiger partial charge in [-0.2, -0.15) is 0 Å². The summed E-state index contributed by atoms with van der Waals surface area (Å²) in [6.45, 7) is 3.65. The summed E-state index contributed by atoms with van der Waals surface area (Å²) in [7, 11) is 0. The molecule has 3 rings (SSSR count). The molecule has 1 unspecified atom stereocenters. The van der Waals surface area contributed by atoms with Gasteiger partial charge in [-0.05, 0) is 46.7 Å². The first kappa shape index (κ1) is 22.4. The second-order valence-electron chi connectivity index (χ2n) is 8.30. The molecule has 0 spiro atoms. The maximum Gasteiger partial charge on any atom is 0.261 e. The van der Waals surface area contributed by atoms with Gasteiger partial charge in [-0.25, -0.2) is 0 Å². The Morgan fingerprint density at radius 2 is 1.52 bits per heavy atom. The minimum atomic E-state index is -1.80. The van der Waals surface area contributed by atoms with Crippen molar-refractivity contribution in [1.82, 2.24) is 0 Å². The summed E-state index contributed by atoms with van der Waals surface area (Å²) in [6.07, 6.45) is 0.805. The lowest BCUT2D eigenvalue weighted by atomic mass is 9.72. The third kappa shape index (κ3) is 4.90. The summed E-state index contributed by atoms with van der Waals surface area (Å²) < 4.78 is 0. The minimum absolute atomic E-state index is 0.152. The Bertz CT molecular complexity index is 1050. The van der Waals surface area contributed by atoms with Gasteiger partial charge in [-0.1, -0.05) is 74.5 Å². The maximum absolute atomic E-state index is 13.4. The number of hydrogen-bond acceptors (Lipinski definition) is 4. The fourth-order valence-electron chi connectivity index (χ4n) is 3.83. The van der Waals surface area contributed by atoms with Crippen molar-refractivity contribution in [2.75, 3.05) is 5.32 Å². The molecule has 0 heterocycles.